The summed E-state index contributed by atoms with van der Waals surface area (Å²) in [5.41, 5.74) is 1.66. The molecule has 0 atom stereocenters. The summed E-state index contributed by atoms with van der Waals surface area (Å²) in [6, 6.07) is 20.8. The summed E-state index contributed by atoms with van der Waals surface area (Å²) in [5.74, 6) is -0.417. The Morgan fingerprint density at radius 3 is 1.40 bits per heavy atom. The van der Waals surface area contributed by atoms with Gasteiger partial charge in [0, 0.05) is 25.5 Å². The van der Waals surface area contributed by atoms with Crippen LogP contribution in [0, 0.1) is 0 Å². The van der Waals surface area contributed by atoms with Gasteiger partial charge < -0.3 is 9.80 Å². The van der Waals surface area contributed by atoms with Crippen LogP contribution in [0.3, 0.4) is 0 Å². The second kappa shape index (κ2) is 14.5. The number of hydrogen-bond donors (Lipinski definition) is 0. The van der Waals surface area contributed by atoms with Gasteiger partial charge in [-0.05, 0) is 36.4 Å². The van der Waals surface area contributed by atoms with Crippen molar-refractivity contribution in [1.82, 2.24) is 0 Å². The number of carbonyl (C=O) groups excluding carboxylic acids is 2. The Kier molecular flexibility index (Phi) is 12.5. The lowest BCUT2D eigenvalue weighted by Crippen LogP contribution is -2.36. The highest BCUT2D eigenvalue weighted by molar-refractivity contribution is 7.07. The van der Waals surface area contributed by atoms with Crippen molar-refractivity contribution in [2.24, 2.45) is 0 Å². The molecule has 2 aromatic rings. The van der Waals surface area contributed by atoms with Gasteiger partial charge in [0.15, 0.2) is 16.2 Å². The van der Waals surface area contributed by atoms with E-state index >= 15 is 0 Å². The van der Waals surface area contributed by atoms with Gasteiger partial charge >= 0.3 is 0 Å². The topological polar surface area (TPSA) is 40.6 Å². The second-order valence-electron chi connectivity index (χ2n) is 9.10. The van der Waals surface area contributed by atoms with E-state index in [-0.39, 0.29) is 18.2 Å². The van der Waals surface area contributed by atoms with Gasteiger partial charge in [0.2, 0.25) is 11.8 Å². The molecule has 2 rings (SSSR count). The van der Waals surface area contributed by atoms with Gasteiger partial charge in [-0.3, -0.25) is 9.59 Å². The van der Waals surface area contributed by atoms with E-state index in [0.717, 1.165) is 35.6 Å². The van der Waals surface area contributed by atoms with Crippen molar-refractivity contribution in [3.63, 3.8) is 0 Å². The number of benzene rings is 2. The molecular formula is C25H36Cl2N2O2Si4. The quantitative estimate of drug-likeness (QED) is 0.200. The van der Waals surface area contributed by atoms with Crippen LogP contribution in [0.1, 0.15) is 6.42 Å². The van der Waals surface area contributed by atoms with Crippen LogP contribution in [0.25, 0.3) is 0 Å². The van der Waals surface area contributed by atoms with Crippen molar-refractivity contribution in [2.45, 2.75) is 56.8 Å². The molecule has 0 saturated heterocycles. The summed E-state index contributed by atoms with van der Waals surface area (Å²) in [5, 5.41) is 2.57. The highest BCUT2D eigenvalue weighted by Crippen LogP contribution is 2.17. The Hall–Kier alpha value is -1.17. The Bertz CT molecular complexity index is 916. The van der Waals surface area contributed by atoms with E-state index in [4.69, 9.17) is 22.2 Å². The number of nitrogens with zero attached hydrogens (tertiary/aromatic N) is 2. The lowest BCUT2D eigenvalue weighted by Gasteiger charge is -2.22. The lowest BCUT2D eigenvalue weighted by molar-refractivity contribution is -0.126. The number of rotatable bonds is 12. The third-order valence-electron chi connectivity index (χ3n) is 6.19. The van der Waals surface area contributed by atoms with Crippen molar-refractivity contribution in [2.75, 3.05) is 23.9 Å². The van der Waals surface area contributed by atoms with Crippen molar-refractivity contribution in [1.29, 1.82) is 0 Å². The van der Waals surface area contributed by atoms with E-state index in [1.807, 2.05) is 24.3 Å². The molecule has 4 radical (unpaired) electrons. The van der Waals surface area contributed by atoms with Crippen LogP contribution >= 0.6 is 22.2 Å². The molecule has 10 heteroatoms. The number of carbonyl (C=O) groups is 2. The summed E-state index contributed by atoms with van der Waals surface area (Å²) in [4.78, 5) is 29.2. The largest absolute Gasteiger partial charge is 0.315 e. The average Bonchev–Trinajstić information content (AvgIpc) is 2.84. The van der Waals surface area contributed by atoms with Crippen molar-refractivity contribution >= 4 is 89.5 Å². The van der Waals surface area contributed by atoms with E-state index < -0.39 is 33.8 Å². The summed E-state index contributed by atoms with van der Waals surface area (Å²) in [7, 11) is 0.579. The molecule has 0 heterocycles. The van der Waals surface area contributed by atoms with Crippen LogP contribution in [0.2, 0.25) is 50.4 Å². The molecule has 0 bridgehead atoms. The maximum absolute atomic E-state index is 13.0. The first-order valence-corrected chi connectivity index (χ1v) is 22.7. The van der Waals surface area contributed by atoms with E-state index in [9.17, 15) is 9.59 Å². The Labute approximate surface area is 227 Å². The molecule has 0 spiro atoms. The highest BCUT2D eigenvalue weighted by atomic mass is 35.6. The third-order valence-corrected chi connectivity index (χ3v) is 14.8. The summed E-state index contributed by atoms with van der Waals surface area (Å²) in [6.07, 6.45) is -0.170. The molecule has 0 aliphatic rings. The van der Waals surface area contributed by atoms with E-state index in [1.54, 1.807) is 23.9 Å². The van der Waals surface area contributed by atoms with Gasteiger partial charge in [-0.1, -0.05) is 72.9 Å². The van der Waals surface area contributed by atoms with Crippen LogP contribution in [0.4, 0.5) is 11.4 Å². The summed E-state index contributed by atoms with van der Waals surface area (Å²) in [6.45, 7) is 8.83. The standard InChI is InChI=1S/C25H36Cl2N2O2Si4/c1-28(20-9-7-11-22(17-20)32(3)13-15-34(5)26)24(30)19-25(31)29(2)21-10-8-12-23(18-21)33(4)14-16-35(6)27/h7-12,17-18H,13-16,19H2,1-6H3. The summed E-state index contributed by atoms with van der Waals surface area (Å²) >= 11 is 12.5. The Morgan fingerprint density at radius 1 is 0.686 bits per heavy atom. The van der Waals surface area contributed by atoms with Crippen molar-refractivity contribution < 1.29 is 9.59 Å². The Balaban J connectivity index is 2.03. The Morgan fingerprint density at radius 2 is 1.06 bits per heavy atom. The first kappa shape index (κ1) is 30.1. The van der Waals surface area contributed by atoms with Gasteiger partial charge in [0.1, 0.15) is 6.42 Å². The van der Waals surface area contributed by atoms with Gasteiger partial charge in [-0.2, -0.15) is 22.2 Å². The average molecular weight is 580 g/mol. The van der Waals surface area contributed by atoms with Gasteiger partial charge in [0.25, 0.3) is 0 Å². The molecule has 2 amide bonds. The molecule has 4 nitrogen and oxygen atoms in total. The van der Waals surface area contributed by atoms with Crippen LogP contribution in [-0.4, -0.2) is 59.7 Å². The second-order valence-corrected chi connectivity index (χ2v) is 21.9. The normalized spacial score (nSPS) is 11.5. The molecule has 0 fully saturated rings. The molecule has 35 heavy (non-hydrogen) atoms. The van der Waals surface area contributed by atoms with Crippen LogP contribution in [0.15, 0.2) is 48.5 Å². The van der Waals surface area contributed by atoms with Crippen LogP contribution in [-0.2, 0) is 9.59 Å². The van der Waals surface area contributed by atoms with Crippen LogP contribution < -0.4 is 20.2 Å². The maximum atomic E-state index is 13.0. The molecule has 0 aromatic heterocycles. The number of halogens is 2. The number of hydrogen-bond acceptors (Lipinski definition) is 2. The predicted molar refractivity (Wildman–Crippen MR) is 161 cm³/mol. The molecule has 188 valence electrons. The fourth-order valence-corrected chi connectivity index (χ4v) is 13.2. The monoisotopic (exact) mass is 578 g/mol. The number of amides is 2. The van der Waals surface area contributed by atoms with Gasteiger partial charge in [0.05, 0.1) is 17.6 Å². The third kappa shape index (κ3) is 9.66. The highest BCUT2D eigenvalue weighted by Gasteiger charge is 2.21. The zero-order valence-corrected chi connectivity index (χ0v) is 27.1. The minimum atomic E-state index is -0.746. The molecule has 2 aromatic carbocycles. The van der Waals surface area contributed by atoms with Crippen molar-refractivity contribution in [3.8, 4) is 0 Å². The van der Waals surface area contributed by atoms with Gasteiger partial charge in [-0.25, -0.2) is 0 Å². The SMILES string of the molecule is CN(C(=O)CC(=O)N(C)c1cccc([Si](C)CC[Si](C)Cl)c1)c1cccc([Si](C)CC[Si](C)Cl)c1. The minimum absolute atomic E-state index is 0.170. The first-order valence-electron chi connectivity index (χ1n) is 11.8. The van der Waals surface area contributed by atoms with Gasteiger partial charge in [-0.15, -0.1) is 0 Å². The first-order chi connectivity index (χ1) is 16.5. The fourth-order valence-electron chi connectivity index (χ4n) is 3.62. The van der Waals surface area contributed by atoms with E-state index in [0.29, 0.717) is 0 Å². The van der Waals surface area contributed by atoms with Crippen molar-refractivity contribution in [3.05, 3.63) is 48.5 Å². The van der Waals surface area contributed by atoms with E-state index in [2.05, 4.69) is 50.5 Å². The minimum Gasteiger partial charge on any atom is -0.315 e. The fraction of sp³-hybridized carbons (Fsp3) is 0.440. The molecule has 0 N–H and O–H groups in total. The summed E-state index contributed by atoms with van der Waals surface area (Å²) < 4.78 is 0. The molecular weight excluding hydrogens is 544 g/mol. The lowest BCUT2D eigenvalue weighted by atomic mass is 10.2. The van der Waals surface area contributed by atoms with E-state index in [1.165, 1.54) is 10.4 Å². The number of anilines is 2. The van der Waals surface area contributed by atoms with Crippen LogP contribution in [0.5, 0.6) is 0 Å². The smallest absolute Gasteiger partial charge is 0.236 e. The zero-order chi connectivity index (χ0) is 26.1. The molecule has 0 unspecified atom stereocenters. The molecule has 0 aliphatic heterocycles. The molecule has 0 saturated carbocycles. The predicted octanol–water partition coefficient (Wildman–Crippen LogP) is 5.09. The zero-order valence-electron chi connectivity index (χ0n) is 21.6. The molecule has 0 aliphatic carbocycles. The maximum Gasteiger partial charge on any atom is 0.236 e.